The van der Waals surface area contributed by atoms with Gasteiger partial charge in [-0.2, -0.15) is 16.6 Å². The number of hydrogen-bond donors (Lipinski definition) is 3. The van der Waals surface area contributed by atoms with E-state index in [1.165, 1.54) is 0 Å². The molecule has 172 valence electrons. The fraction of sp³-hybridized carbons (Fsp3) is 0.750. The number of hydrogen-bond acceptors (Lipinski definition) is 6. The molecule has 0 spiro atoms. The van der Waals surface area contributed by atoms with Crippen LogP contribution in [0.1, 0.15) is 59.3 Å². The standard InChI is InChI=1S/C20H31N5O5S/c1-20(2,3)30-18(28)13(9-8-12(26)10-22-21)23-16(27)7-5-4-6-15-17-14(11-31-15)24-19(29)25-17/h10,13-15,17H,4-9,11H2,1-3H3,(H,23,27)(H2,24,25,29)/t13-,14-,15-,17-/m0/s1. The molecule has 0 unspecified atom stereocenters. The first-order chi connectivity index (χ1) is 14.6. The number of carbonyl (C=O) groups excluding carboxylic acids is 4. The molecule has 3 N–H and O–H groups in total. The molecule has 2 saturated heterocycles. The van der Waals surface area contributed by atoms with Crippen molar-refractivity contribution in [1.29, 1.82) is 0 Å². The molecule has 31 heavy (non-hydrogen) atoms. The number of nitrogens with zero attached hydrogens (tertiary/aromatic N) is 2. The van der Waals surface area contributed by atoms with E-state index in [-0.39, 0.29) is 43.3 Å². The van der Waals surface area contributed by atoms with E-state index in [2.05, 4.69) is 20.7 Å². The summed E-state index contributed by atoms with van der Waals surface area (Å²) < 4.78 is 5.34. The van der Waals surface area contributed by atoms with Crippen LogP contribution in [0.5, 0.6) is 0 Å². The van der Waals surface area contributed by atoms with Gasteiger partial charge in [-0.3, -0.25) is 9.59 Å². The fourth-order valence-corrected chi connectivity index (χ4v) is 5.12. The Morgan fingerprint density at radius 3 is 2.71 bits per heavy atom. The van der Waals surface area contributed by atoms with Crippen molar-refractivity contribution in [2.75, 3.05) is 5.75 Å². The van der Waals surface area contributed by atoms with Crippen molar-refractivity contribution >= 4 is 41.7 Å². The van der Waals surface area contributed by atoms with Crippen LogP contribution in [0.2, 0.25) is 0 Å². The molecule has 4 atom stereocenters. The summed E-state index contributed by atoms with van der Waals surface area (Å²) in [6.07, 6.45) is 3.38. The molecule has 2 fully saturated rings. The van der Waals surface area contributed by atoms with Gasteiger partial charge in [-0.05, 0) is 40.0 Å². The number of urea groups is 1. The molecule has 11 heteroatoms. The largest absolute Gasteiger partial charge is 0.458 e. The number of fused-ring (bicyclic) bond motifs is 1. The van der Waals surface area contributed by atoms with Crippen molar-refractivity contribution in [1.82, 2.24) is 16.0 Å². The lowest BCUT2D eigenvalue weighted by Crippen LogP contribution is -2.44. The molecule has 2 aliphatic heterocycles. The Labute approximate surface area is 186 Å². The lowest BCUT2D eigenvalue weighted by Gasteiger charge is -2.24. The quantitative estimate of drug-likeness (QED) is 0.107. The van der Waals surface area contributed by atoms with E-state index in [1.54, 1.807) is 20.8 Å². The second-order valence-corrected chi connectivity index (χ2v) is 10.0. The minimum absolute atomic E-state index is 0.0555. The average molecular weight is 454 g/mol. The first kappa shape index (κ1) is 24.9. The maximum Gasteiger partial charge on any atom is 0.329 e. The molecule has 0 saturated carbocycles. The Morgan fingerprint density at radius 2 is 2.03 bits per heavy atom. The van der Waals surface area contributed by atoms with Crippen molar-refractivity contribution in [2.45, 2.75) is 88.3 Å². The zero-order valence-electron chi connectivity index (χ0n) is 18.2. The van der Waals surface area contributed by atoms with Crippen molar-refractivity contribution in [3.05, 3.63) is 5.53 Å². The Hall–Kier alpha value is -2.39. The lowest BCUT2D eigenvalue weighted by atomic mass is 10.0. The number of ketones is 1. The van der Waals surface area contributed by atoms with E-state index in [1.807, 2.05) is 11.8 Å². The zero-order chi connectivity index (χ0) is 23.0. The molecular weight excluding hydrogens is 422 g/mol. The van der Waals surface area contributed by atoms with Crippen LogP contribution < -0.4 is 16.0 Å². The molecule has 2 heterocycles. The van der Waals surface area contributed by atoms with E-state index in [0.717, 1.165) is 24.8 Å². The minimum atomic E-state index is -0.950. The monoisotopic (exact) mass is 453 g/mol. The number of carbonyl (C=O) groups is 4. The van der Waals surface area contributed by atoms with Gasteiger partial charge in [0.05, 0.1) is 12.1 Å². The average Bonchev–Trinajstić information content (AvgIpc) is 3.20. The van der Waals surface area contributed by atoms with Crippen LogP contribution >= 0.6 is 11.8 Å². The topological polar surface area (TPSA) is 150 Å². The molecule has 0 radical (unpaired) electrons. The van der Waals surface area contributed by atoms with Crippen molar-refractivity contribution < 1.29 is 28.7 Å². The van der Waals surface area contributed by atoms with E-state index in [9.17, 15) is 19.2 Å². The number of unbranched alkanes of at least 4 members (excludes halogenated alkanes) is 1. The highest BCUT2D eigenvalue weighted by Crippen LogP contribution is 2.33. The van der Waals surface area contributed by atoms with Gasteiger partial charge in [-0.25, -0.2) is 9.59 Å². The van der Waals surface area contributed by atoms with Gasteiger partial charge in [0, 0.05) is 23.8 Å². The molecule has 0 bridgehead atoms. The van der Waals surface area contributed by atoms with Crippen LogP contribution in [0.3, 0.4) is 0 Å². The number of Topliss-reactive ketones (excluding diaryl/α,β-unsaturated/α-hetero) is 1. The van der Waals surface area contributed by atoms with E-state index < -0.39 is 23.4 Å². The Balaban J connectivity index is 1.77. The van der Waals surface area contributed by atoms with Crippen LogP contribution in [-0.4, -0.2) is 69.4 Å². The lowest BCUT2D eigenvalue weighted by molar-refractivity contribution is -0.158. The summed E-state index contributed by atoms with van der Waals surface area (Å²) in [5.41, 5.74) is 7.71. The van der Waals surface area contributed by atoms with Crippen LogP contribution in [0.25, 0.3) is 5.53 Å². The molecule has 0 aromatic carbocycles. The molecule has 10 nitrogen and oxygen atoms in total. The van der Waals surface area contributed by atoms with Crippen molar-refractivity contribution in [3.63, 3.8) is 0 Å². The number of rotatable bonds is 11. The SMILES string of the molecule is CC(C)(C)OC(=O)[C@H](CCC(=O)C=[N+]=[N-])NC(=O)CCCC[C@@H]1SC[C@@H]2NC(=O)N[C@@H]21. The van der Waals surface area contributed by atoms with E-state index >= 15 is 0 Å². The van der Waals surface area contributed by atoms with Crippen molar-refractivity contribution in [3.8, 4) is 0 Å². The molecule has 0 aliphatic carbocycles. The minimum Gasteiger partial charge on any atom is -0.458 e. The van der Waals surface area contributed by atoms with Crippen LogP contribution in [0.15, 0.2) is 0 Å². The summed E-state index contributed by atoms with van der Waals surface area (Å²) in [5, 5.41) is 8.85. The Morgan fingerprint density at radius 1 is 1.29 bits per heavy atom. The number of thioether (sulfide) groups is 1. The third kappa shape index (κ3) is 8.34. The van der Waals surface area contributed by atoms with Crippen LogP contribution in [0, 0.1) is 0 Å². The normalized spacial score (nSPS) is 23.1. The second kappa shape index (κ2) is 11.3. The third-order valence-corrected chi connectivity index (χ3v) is 6.50. The van der Waals surface area contributed by atoms with Gasteiger partial charge >= 0.3 is 18.2 Å². The maximum absolute atomic E-state index is 12.4. The fourth-order valence-electron chi connectivity index (χ4n) is 3.58. The zero-order valence-corrected chi connectivity index (χ0v) is 19.0. The van der Waals surface area contributed by atoms with Gasteiger partial charge in [-0.15, -0.1) is 0 Å². The highest BCUT2D eigenvalue weighted by atomic mass is 32.2. The Kier molecular flexibility index (Phi) is 9.06. The van der Waals surface area contributed by atoms with Gasteiger partial charge in [0.15, 0.2) is 0 Å². The summed E-state index contributed by atoms with van der Waals surface area (Å²) in [6, 6.07) is -0.743. The number of amides is 3. The van der Waals surface area contributed by atoms with Gasteiger partial charge < -0.3 is 26.2 Å². The van der Waals surface area contributed by atoms with Gasteiger partial charge in [0.1, 0.15) is 11.6 Å². The molecule has 2 rings (SSSR count). The van der Waals surface area contributed by atoms with E-state index in [0.29, 0.717) is 11.7 Å². The first-order valence-corrected chi connectivity index (χ1v) is 11.5. The van der Waals surface area contributed by atoms with Crippen LogP contribution in [0.4, 0.5) is 4.79 Å². The summed E-state index contributed by atoms with van der Waals surface area (Å²) in [5.74, 6) is -0.447. The predicted octanol–water partition coefficient (Wildman–Crippen LogP) is 1.19. The van der Waals surface area contributed by atoms with Crippen molar-refractivity contribution in [2.24, 2.45) is 0 Å². The highest BCUT2D eigenvalue weighted by Gasteiger charge is 2.42. The van der Waals surface area contributed by atoms with E-state index in [4.69, 9.17) is 10.3 Å². The molecule has 3 amide bonds. The summed E-state index contributed by atoms with van der Waals surface area (Å²) in [4.78, 5) is 50.5. The third-order valence-electron chi connectivity index (χ3n) is 4.99. The van der Waals surface area contributed by atoms with Crippen LogP contribution in [-0.2, 0) is 19.1 Å². The number of ether oxygens (including phenoxy) is 1. The molecule has 0 aromatic heterocycles. The highest BCUT2D eigenvalue weighted by molar-refractivity contribution is 8.00. The smallest absolute Gasteiger partial charge is 0.329 e. The molecular formula is C20H31N5O5S. The molecule has 0 aromatic rings. The summed E-state index contributed by atoms with van der Waals surface area (Å²) >= 11 is 1.83. The van der Waals surface area contributed by atoms with Gasteiger partial charge in [-0.1, -0.05) is 6.42 Å². The second-order valence-electron chi connectivity index (χ2n) is 8.77. The Bertz CT molecular complexity index is 747. The predicted molar refractivity (Wildman–Crippen MR) is 116 cm³/mol. The maximum atomic E-state index is 12.4. The summed E-state index contributed by atoms with van der Waals surface area (Å²) in [6.45, 7) is 5.17. The summed E-state index contributed by atoms with van der Waals surface area (Å²) in [7, 11) is 0. The number of esters is 1. The number of nitrogens with one attached hydrogen (secondary N) is 3. The molecule has 2 aliphatic rings. The van der Waals surface area contributed by atoms with Gasteiger partial charge in [0.2, 0.25) is 11.7 Å². The first-order valence-electron chi connectivity index (χ1n) is 10.5. The van der Waals surface area contributed by atoms with Gasteiger partial charge in [0.25, 0.3) is 0 Å².